The van der Waals surface area contributed by atoms with E-state index in [1.165, 1.54) is 16.7 Å². The van der Waals surface area contributed by atoms with Crippen LogP contribution in [0.15, 0.2) is 24.4 Å². The summed E-state index contributed by atoms with van der Waals surface area (Å²) in [5.41, 5.74) is 5.94. The van der Waals surface area contributed by atoms with Gasteiger partial charge in [-0.25, -0.2) is 9.97 Å². The molecular formula is C14H16N2. The Balaban J connectivity index is 2.58. The molecule has 0 saturated carbocycles. The van der Waals surface area contributed by atoms with Crippen molar-refractivity contribution in [3.05, 3.63) is 46.9 Å². The fourth-order valence-electron chi connectivity index (χ4n) is 1.71. The van der Waals surface area contributed by atoms with Crippen molar-refractivity contribution < 1.29 is 0 Å². The molecule has 0 fully saturated rings. The number of nitrogens with zero attached hydrogens (tertiary/aromatic N) is 2. The first-order chi connectivity index (χ1) is 7.58. The van der Waals surface area contributed by atoms with Gasteiger partial charge in [-0.2, -0.15) is 0 Å². The first-order valence-corrected chi connectivity index (χ1v) is 5.46. The lowest BCUT2D eigenvalue weighted by Crippen LogP contribution is -1.95. The number of rotatable bonds is 1. The van der Waals surface area contributed by atoms with Crippen LogP contribution in [0.5, 0.6) is 0 Å². The van der Waals surface area contributed by atoms with Crippen molar-refractivity contribution in [2.45, 2.75) is 27.7 Å². The molecule has 2 aromatic rings. The minimum absolute atomic E-state index is 0.818. The Morgan fingerprint density at radius 1 is 0.875 bits per heavy atom. The van der Waals surface area contributed by atoms with E-state index in [1.54, 1.807) is 0 Å². The van der Waals surface area contributed by atoms with Crippen LogP contribution in [0.3, 0.4) is 0 Å². The molecule has 2 heteroatoms. The van der Waals surface area contributed by atoms with Crippen molar-refractivity contribution in [3.63, 3.8) is 0 Å². The summed E-state index contributed by atoms with van der Waals surface area (Å²) in [6, 6.07) is 6.45. The largest absolute Gasteiger partial charge is 0.241 e. The van der Waals surface area contributed by atoms with Crippen molar-refractivity contribution in [1.82, 2.24) is 9.97 Å². The van der Waals surface area contributed by atoms with E-state index < -0.39 is 0 Å². The van der Waals surface area contributed by atoms with E-state index in [0.717, 1.165) is 17.1 Å². The van der Waals surface area contributed by atoms with E-state index >= 15 is 0 Å². The molecule has 0 N–H and O–H groups in total. The maximum Gasteiger partial charge on any atom is 0.125 e. The summed E-state index contributed by atoms with van der Waals surface area (Å²) in [6.07, 6.45) is 1.88. The summed E-state index contributed by atoms with van der Waals surface area (Å²) >= 11 is 0. The van der Waals surface area contributed by atoms with Crippen molar-refractivity contribution in [3.8, 4) is 11.3 Å². The number of benzene rings is 1. The van der Waals surface area contributed by atoms with Crippen molar-refractivity contribution in [2.24, 2.45) is 0 Å². The maximum absolute atomic E-state index is 4.50. The second kappa shape index (κ2) is 4.05. The van der Waals surface area contributed by atoms with Crippen molar-refractivity contribution >= 4 is 0 Å². The number of hydrogen-bond donors (Lipinski definition) is 0. The summed E-state index contributed by atoms with van der Waals surface area (Å²) in [7, 11) is 0. The zero-order chi connectivity index (χ0) is 11.7. The van der Waals surface area contributed by atoms with E-state index in [9.17, 15) is 0 Å². The smallest absolute Gasteiger partial charge is 0.125 e. The summed E-state index contributed by atoms with van der Waals surface area (Å²) < 4.78 is 0. The second-order valence-corrected chi connectivity index (χ2v) is 4.25. The lowest BCUT2D eigenvalue weighted by Gasteiger charge is -2.08. The SMILES string of the molecule is Cc1ncc(C)c(-c2ccc(C)c(C)c2)n1. The van der Waals surface area contributed by atoms with Gasteiger partial charge in [0, 0.05) is 11.8 Å². The fourth-order valence-corrected chi connectivity index (χ4v) is 1.71. The minimum atomic E-state index is 0.818. The number of aromatic nitrogens is 2. The van der Waals surface area contributed by atoms with E-state index in [0.29, 0.717) is 0 Å². The molecule has 0 saturated heterocycles. The van der Waals surface area contributed by atoms with Crippen LogP contribution in [0.2, 0.25) is 0 Å². The van der Waals surface area contributed by atoms with Gasteiger partial charge in [0.25, 0.3) is 0 Å². The fraction of sp³-hybridized carbons (Fsp3) is 0.286. The highest BCUT2D eigenvalue weighted by Gasteiger charge is 2.05. The molecule has 0 atom stereocenters. The van der Waals surface area contributed by atoms with Crippen LogP contribution in [0, 0.1) is 27.7 Å². The monoisotopic (exact) mass is 212 g/mol. The molecule has 1 aromatic carbocycles. The topological polar surface area (TPSA) is 25.8 Å². The van der Waals surface area contributed by atoms with Crippen molar-refractivity contribution in [2.75, 3.05) is 0 Å². The predicted octanol–water partition coefficient (Wildman–Crippen LogP) is 3.38. The zero-order valence-corrected chi connectivity index (χ0v) is 10.2. The Labute approximate surface area is 96.4 Å². The van der Waals surface area contributed by atoms with E-state index in [2.05, 4.69) is 42.0 Å². The molecule has 1 heterocycles. The molecule has 0 radical (unpaired) electrons. The third kappa shape index (κ3) is 1.96. The number of hydrogen-bond acceptors (Lipinski definition) is 2. The number of aryl methyl sites for hydroxylation is 4. The highest BCUT2D eigenvalue weighted by atomic mass is 14.9. The van der Waals surface area contributed by atoms with Gasteiger partial charge in [-0.3, -0.25) is 0 Å². The van der Waals surface area contributed by atoms with E-state index in [4.69, 9.17) is 0 Å². The average molecular weight is 212 g/mol. The van der Waals surface area contributed by atoms with Crippen molar-refractivity contribution in [1.29, 1.82) is 0 Å². The molecule has 2 rings (SSSR count). The van der Waals surface area contributed by atoms with Gasteiger partial charge in [0.15, 0.2) is 0 Å². The molecule has 1 aromatic heterocycles. The van der Waals surface area contributed by atoms with Crippen LogP contribution in [0.4, 0.5) is 0 Å². The second-order valence-electron chi connectivity index (χ2n) is 4.25. The van der Waals surface area contributed by atoms with E-state index in [-0.39, 0.29) is 0 Å². The van der Waals surface area contributed by atoms with Crippen LogP contribution < -0.4 is 0 Å². The first kappa shape index (κ1) is 10.8. The molecule has 0 aliphatic carbocycles. The van der Waals surface area contributed by atoms with Crippen LogP contribution in [0.1, 0.15) is 22.5 Å². The lowest BCUT2D eigenvalue weighted by atomic mass is 10.0. The Bertz CT molecular complexity index is 530. The predicted molar refractivity (Wildman–Crippen MR) is 66.4 cm³/mol. The third-order valence-corrected chi connectivity index (χ3v) is 2.87. The first-order valence-electron chi connectivity index (χ1n) is 5.46. The van der Waals surface area contributed by atoms with Crippen LogP contribution in [-0.4, -0.2) is 9.97 Å². The van der Waals surface area contributed by atoms with Crippen LogP contribution >= 0.6 is 0 Å². The minimum Gasteiger partial charge on any atom is -0.241 e. The zero-order valence-electron chi connectivity index (χ0n) is 10.2. The third-order valence-electron chi connectivity index (χ3n) is 2.87. The Hall–Kier alpha value is -1.70. The quantitative estimate of drug-likeness (QED) is 0.724. The van der Waals surface area contributed by atoms with Crippen LogP contribution in [0.25, 0.3) is 11.3 Å². The van der Waals surface area contributed by atoms with Crippen LogP contribution in [-0.2, 0) is 0 Å². The molecule has 0 spiro atoms. The molecular weight excluding hydrogens is 196 g/mol. The molecule has 0 unspecified atom stereocenters. The van der Waals surface area contributed by atoms with Gasteiger partial charge < -0.3 is 0 Å². The van der Waals surface area contributed by atoms with Gasteiger partial charge in [0.2, 0.25) is 0 Å². The molecule has 0 amide bonds. The van der Waals surface area contributed by atoms with Gasteiger partial charge in [-0.15, -0.1) is 0 Å². The van der Waals surface area contributed by atoms with Gasteiger partial charge in [0.05, 0.1) is 5.69 Å². The van der Waals surface area contributed by atoms with Gasteiger partial charge in [-0.1, -0.05) is 12.1 Å². The molecule has 82 valence electrons. The highest BCUT2D eigenvalue weighted by Crippen LogP contribution is 2.22. The average Bonchev–Trinajstić information content (AvgIpc) is 2.26. The lowest BCUT2D eigenvalue weighted by molar-refractivity contribution is 1.04. The van der Waals surface area contributed by atoms with Gasteiger partial charge in [-0.05, 0) is 50.5 Å². The Morgan fingerprint density at radius 2 is 1.62 bits per heavy atom. The summed E-state index contributed by atoms with van der Waals surface area (Å²) in [5.74, 6) is 0.818. The van der Waals surface area contributed by atoms with Gasteiger partial charge >= 0.3 is 0 Å². The standard InChI is InChI=1S/C14H16N2/c1-9-5-6-13(7-10(9)2)14-11(3)8-15-12(4)16-14/h5-8H,1-4H3. The van der Waals surface area contributed by atoms with Gasteiger partial charge in [0.1, 0.15) is 5.82 Å². The maximum atomic E-state index is 4.50. The summed E-state index contributed by atoms with van der Waals surface area (Å²) in [6.45, 7) is 8.22. The summed E-state index contributed by atoms with van der Waals surface area (Å²) in [4.78, 5) is 8.70. The van der Waals surface area contributed by atoms with E-state index in [1.807, 2.05) is 20.0 Å². The normalized spacial score (nSPS) is 10.5. The Kier molecular flexibility index (Phi) is 2.73. The molecule has 16 heavy (non-hydrogen) atoms. The molecule has 2 nitrogen and oxygen atoms in total. The highest BCUT2D eigenvalue weighted by molar-refractivity contribution is 5.63. The Morgan fingerprint density at radius 3 is 2.31 bits per heavy atom. The molecule has 0 bridgehead atoms. The summed E-state index contributed by atoms with van der Waals surface area (Å²) in [5, 5.41) is 0. The molecule has 0 aliphatic rings. The molecule has 0 aliphatic heterocycles.